The van der Waals surface area contributed by atoms with Crippen molar-refractivity contribution >= 4 is 23.2 Å². The van der Waals surface area contributed by atoms with E-state index in [0.717, 1.165) is 4.88 Å². The van der Waals surface area contributed by atoms with E-state index in [4.69, 9.17) is 4.42 Å². The van der Waals surface area contributed by atoms with E-state index in [2.05, 4.69) is 4.98 Å². The predicted octanol–water partition coefficient (Wildman–Crippen LogP) is 3.45. The zero-order chi connectivity index (χ0) is 19.7. The number of carbonyl (C=O) groups excluding carboxylic acids is 2. The Morgan fingerprint density at radius 3 is 2.43 bits per heavy atom. The van der Waals surface area contributed by atoms with Gasteiger partial charge in [0, 0.05) is 36.6 Å². The molecule has 2 aromatic heterocycles. The molecule has 4 rings (SSSR count). The molecule has 3 heterocycles. The molecule has 0 bridgehead atoms. The third kappa shape index (κ3) is 3.55. The first-order valence-corrected chi connectivity index (χ1v) is 9.70. The smallest absolute Gasteiger partial charge is 0.273 e. The van der Waals surface area contributed by atoms with Crippen LogP contribution >= 0.6 is 11.3 Å². The number of halogens is 1. The third-order valence-corrected chi connectivity index (χ3v) is 5.64. The number of hydrogen-bond acceptors (Lipinski definition) is 5. The predicted molar refractivity (Wildman–Crippen MR) is 103 cm³/mol. The second kappa shape index (κ2) is 7.55. The van der Waals surface area contributed by atoms with E-state index in [1.54, 1.807) is 28.2 Å². The second-order valence-electron chi connectivity index (χ2n) is 6.50. The largest absolute Gasteiger partial charge is 0.462 e. The minimum Gasteiger partial charge on any atom is -0.462 e. The minimum absolute atomic E-state index is 0.149. The quantitative estimate of drug-likeness (QED) is 0.677. The van der Waals surface area contributed by atoms with E-state index in [-0.39, 0.29) is 11.8 Å². The summed E-state index contributed by atoms with van der Waals surface area (Å²) in [5, 5.41) is 0.672. The number of amides is 2. The van der Waals surface area contributed by atoms with E-state index in [1.165, 1.54) is 29.5 Å². The van der Waals surface area contributed by atoms with Crippen LogP contribution < -0.4 is 0 Å². The molecule has 0 aliphatic carbocycles. The van der Waals surface area contributed by atoms with Gasteiger partial charge in [0.25, 0.3) is 11.8 Å². The van der Waals surface area contributed by atoms with Crippen molar-refractivity contribution in [2.24, 2.45) is 0 Å². The summed E-state index contributed by atoms with van der Waals surface area (Å²) in [7, 11) is 0. The van der Waals surface area contributed by atoms with Crippen LogP contribution in [0.15, 0.2) is 47.1 Å². The van der Waals surface area contributed by atoms with Gasteiger partial charge in [0.05, 0.1) is 6.26 Å². The van der Waals surface area contributed by atoms with Gasteiger partial charge in [-0.15, -0.1) is 11.3 Å². The summed E-state index contributed by atoms with van der Waals surface area (Å²) in [4.78, 5) is 34.0. The maximum absolute atomic E-state index is 13.4. The Labute approximate surface area is 165 Å². The molecular formula is C20H18FN3O3S. The Morgan fingerprint density at radius 1 is 1.07 bits per heavy atom. The molecule has 0 atom stereocenters. The number of piperazine rings is 1. The lowest BCUT2D eigenvalue weighted by atomic mass is 10.1. The van der Waals surface area contributed by atoms with Crippen LogP contribution in [-0.4, -0.2) is 52.8 Å². The average Bonchev–Trinajstić information content (AvgIpc) is 3.37. The van der Waals surface area contributed by atoms with Crippen LogP contribution in [0, 0.1) is 12.7 Å². The number of furan rings is 1. The van der Waals surface area contributed by atoms with E-state index in [9.17, 15) is 14.0 Å². The molecule has 6 nitrogen and oxygen atoms in total. The maximum atomic E-state index is 13.4. The molecular weight excluding hydrogens is 381 g/mol. The lowest BCUT2D eigenvalue weighted by Crippen LogP contribution is -2.50. The number of rotatable bonds is 3. The van der Waals surface area contributed by atoms with Crippen LogP contribution in [0.25, 0.3) is 10.8 Å². The van der Waals surface area contributed by atoms with Crippen molar-refractivity contribution in [2.45, 2.75) is 6.92 Å². The highest BCUT2D eigenvalue weighted by Crippen LogP contribution is 2.28. The van der Waals surface area contributed by atoms with Gasteiger partial charge in [-0.05, 0) is 37.3 Å². The Morgan fingerprint density at radius 2 is 1.79 bits per heavy atom. The molecule has 1 saturated heterocycles. The van der Waals surface area contributed by atoms with Crippen LogP contribution in [0.3, 0.4) is 0 Å². The number of benzene rings is 1. The van der Waals surface area contributed by atoms with Gasteiger partial charge < -0.3 is 14.2 Å². The van der Waals surface area contributed by atoms with Crippen molar-refractivity contribution in [3.8, 4) is 10.8 Å². The Hall–Kier alpha value is -3.00. The van der Waals surface area contributed by atoms with Gasteiger partial charge >= 0.3 is 0 Å². The van der Waals surface area contributed by atoms with E-state index in [1.807, 2.05) is 13.0 Å². The van der Waals surface area contributed by atoms with Crippen LogP contribution in [0.2, 0.25) is 0 Å². The van der Waals surface area contributed by atoms with E-state index >= 15 is 0 Å². The Balaban J connectivity index is 1.42. The lowest BCUT2D eigenvalue weighted by molar-refractivity contribution is 0.0532. The molecule has 1 aromatic carbocycles. The van der Waals surface area contributed by atoms with Gasteiger partial charge in [-0.2, -0.15) is 0 Å². The monoisotopic (exact) mass is 399 g/mol. The van der Waals surface area contributed by atoms with E-state index < -0.39 is 5.82 Å². The third-order valence-electron chi connectivity index (χ3n) is 4.66. The SMILES string of the molecule is Cc1sc(-c2ccco2)nc1C(=O)N1CCN(C(=O)c2cccc(F)c2)CC1. The zero-order valence-corrected chi connectivity index (χ0v) is 16.0. The summed E-state index contributed by atoms with van der Waals surface area (Å²) < 4.78 is 18.7. The first kappa shape index (κ1) is 18.4. The fraction of sp³-hybridized carbons (Fsp3) is 0.250. The molecule has 2 amide bonds. The highest BCUT2D eigenvalue weighted by molar-refractivity contribution is 7.15. The van der Waals surface area contributed by atoms with Crippen molar-refractivity contribution < 1.29 is 18.4 Å². The average molecular weight is 399 g/mol. The summed E-state index contributed by atoms with van der Waals surface area (Å²) in [5.41, 5.74) is 0.736. The van der Waals surface area contributed by atoms with Gasteiger partial charge in [-0.3, -0.25) is 9.59 Å². The Bertz CT molecular complexity index is 1010. The van der Waals surface area contributed by atoms with Gasteiger partial charge in [-0.1, -0.05) is 6.07 Å². The molecule has 8 heteroatoms. The van der Waals surface area contributed by atoms with Crippen molar-refractivity contribution in [3.05, 3.63) is 64.6 Å². The van der Waals surface area contributed by atoms with Crippen LogP contribution in [0.4, 0.5) is 4.39 Å². The number of hydrogen-bond donors (Lipinski definition) is 0. The highest BCUT2D eigenvalue weighted by Gasteiger charge is 2.28. The molecule has 0 radical (unpaired) electrons. The number of nitrogens with zero attached hydrogens (tertiary/aromatic N) is 3. The van der Waals surface area contributed by atoms with Crippen LogP contribution in [0.1, 0.15) is 25.7 Å². The summed E-state index contributed by atoms with van der Waals surface area (Å²) in [6.07, 6.45) is 1.57. The normalized spacial score (nSPS) is 14.4. The Kier molecular flexibility index (Phi) is 4.95. The molecule has 144 valence electrons. The highest BCUT2D eigenvalue weighted by atomic mass is 32.1. The van der Waals surface area contributed by atoms with Gasteiger partial charge in [0.2, 0.25) is 0 Å². The van der Waals surface area contributed by atoms with Gasteiger partial charge in [0.15, 0.2) is 10.8 Å². The van der Waals surface area contributed by atoms with E-state index in [0.29, 0.717) is 48.2 Å². The minimum atomic E-state index is -0.439. The first-order chi connectivity index (χ1) is 13.5. The summed E-state index contributed by atoms with van der Waals surface area (Å²) >= 11 is 1.42. The second-order valence-corrected chi connectivity index (χ2v) is 7.70. The lowest BCUT2D eigenvalue weighted by Gasteiger charge is -2.34. The number of thiazole rings is 1. The summed E-state index contributed by atoms with van der Waals surface area (Å²) in [6.45, 7) is 3.48. The summed E-state index contributed by atoms with van der Waals surface area (Å²) in [6, 6.07) is 9.24. The molecule has 0 N–H and O–H groups in total. The first-order valence-electron chi connectivity index (χ1n) is 8.88. The molecule has 1 fully saturated rings. The maximum Gasteiger partial charge on any atom is 0.273 e. The number of aryl methyl sites for hydroxylation is 1. The fourth-order valence-electron chi connectivity index (χ4n) is 3.17. The van der Waals surface area contributed by atoms with Crippen molar-refractivity contribution in [1.29, 1.82) is 0 Å². The standard InChI is InChI=1S/C20H18FN3O3S/c1-13-17(22-18(28-13)16-6-3-11-27-16)20(26)24-9-7-23(8-10-24)19(25)14-4-2-5-15(21)12-14/h2-6,11-12H,7-10H2,1H3. The number of aromatic nitrogens is 1. The molecule has 0 saturated carbocycles. The molecule has 0 spiro atoms. The molecule has 0 unspecified atom stereocenters. The number of carbonyl (C=O) groups is 2. The van der Waals surface area contributed by atoms with Crippen LogP contribution in [0.5, 0.6) is 0 Å². The van der Waals surface area contributed by atoms with Crippen molar-refractivity contribution in [3.63, 3.8) is 0 Å². The molecule has 1 aliphatic rings. The van der Waals surface area contributed by atoms with Crippen molar-refractivity contribution in [2.75, 3.05) is 26.2 Å². The summed E-state index contributed by atoms with van der Waals surface area (Å²) in [5.74, 6) is -0.176. The fourth-order valence-corrected chi connectivity index (χ4v) is 4.04. The molecule has 28 heavy (non-hydrogen) atoms. The van der Waals surface area contributed by atoms with Gasteiger partial charge in [0.1, 0.15) is 11.5 Å². The molecule has 1 aliphatic heterocycles. The van der Waals surface area contributed by atoms with Crippen LogP contribution in [-0.2, 0) is 0 Å². The topological polar surface area (TPSA) is 66.7 Å². The van der Waals surface area contributed by atoms with Gasteiger partial charge in [-0.25, -0.2) is 9.37 Å². The zero-order valence-electron chi connectivity index (χ0n) is 15.2. The van der Waals surface area contributed by atoms with Crippen molar-refractivity contribution in [1.82, 2.24) is 14.8 Å². The molecule has 3 aromatic rings.